The van der Waals surface area contributed by atoms with E-state index in [9.17, 15) is 0 Å². The fourth-order valence-electron chi connectivity index (χ4n) is 1.59. The lowest BCUT2D eigenvalue weighted by molar-refractivity contribution is 0.416. The Morgan fingerprint density at radius 2 is 2.12 bits per heavy atom. The molecule has 0 atom stereocenters. The van der Waals surface area contributed by atoms with E-state index in [1.807, 2.05) is 31.2 Å². The van der Waals surface area contributed by atoms with Crippen LogP contribution in [0.5, 0.6) is 5.75 Å². The van der Waals surface area contributed by atoms with Gasteiger partial charge in [0.1, 0.15) is 10.8 Å². The van der Waals surface area contributed by atoms with Crippen LogP contribution in [0.3, 0.4) is 0 Å². The number of methoxy groups -OCH3 is 1. The van der Waals surface area contributed by atoms with E-state index in [2.05, 4.69) is 4.98 Å². The number of nitrogens with zero attached hydrogens (tertiary/aromatic N) is 1. The van der Waals surface area contributed by atoms with Gasteiger partial charge in [-0.1, -0.05) is 12.1 Å². The van der Waals surface area contributed by atoms with Crippen molar-refractivity contribution in [3.63, 3.8) is 0 Å². The Labute approximate surface area is 104 Å². The summed E-state index contributed by atoms with van der Waals surface area (Å²) in [4.78, 5) is 5.54. The van der Waals surface area contributed by atoms with Gasteiger partial charge in [-0.15, -0.1) is 22.9 Å². The lowest BCUT2D eigenvalue weighted by atomic mass is 10.1. The first-order valence-corrected chi connectivity index (χ1v) is 6.27. The number of rotatable bonds is 3. The second-order valence-corrected chi connectivity index (χ2v) is 4.71. The van der Waals surface area contributed by atoms with Crippen molar-refractivity contribution in [3.05, 3.63) is 35.0 Å². The van der Waals surface area contributed by atoms with Crippen LogP contribution in [0, 0.1) is 6.92 Å². The number of alkyl halides is 1. The molecule has 0 N–H and O–H groups in total. The van der Waals surface area contributed by atoms with E-state index >= 15 is 0 Å². The van der Waals surface area contributed by atoms with Gasteiger partial charge in [-0.3, -0.25) is 0 Å². The van der Waals surface area contributed by atoms with Crippen molar-refractivity contribution in [1.29, 1.82) is 0 Å². The van der Waals surface area contributed by atoms with Crippen LogP contribution in [0.25, 0.3) is 10.4 Å². The highest BCUT2D eigenvalue weighted by Gasteiger charge is 2.12. The SMILES string of the molecule is COc1ccccc1-c1sc(CCl)nc1C. The third-order valence-corrected chi connectivity index (χ3v) is 3.91. The first-order valence-electron chi connectivity index (χ1n) is 4.92. The van der Waals surface area contributed by atoms with Crippen LogP contribution in [-0.2, 0) is 5.88 Å². The average Bonchev–Trinajstić information content (AvgIpc) is 2.70. The molecule has 1 aromatic carbocycles. The summed E-state index contributed by atoms with van der Waals surface area (Å²) in [7, 11) is 1.68. The van der Waals surface area contributed by atoms with E-state index in [1.165, 1.54) is 0 Å². The van der Waals surface area contributed by atoms with Crippen LogP contribution in [0.15, 0.2) is 24.3 Å². The molecular formula is C12H12ClNOS. The van der Waals surface area contributed by atoms with Crippen LogP contribution in [0.1, 0.15) is 10.7 Å². The van der Waals surface area contributed by atoms with Crippen molar-refractivity contribution >= 4 is 22.9 Å². The van der Waals surface area contributed by atoms with Crippen LogP contribution in [0.2, 0.25) is 0 Å². The summed E-state index contributed by atoms with van der Waals surface area (Å²) in [6.45, 7) is 1.99. The van der Waals surface area contributed by atoms with Gasteiger partial charge in [0, 0.05) is 5.56 Å². The van der Waals surface area contributed by atoms with E-state index in [1.54, 1.807) is 18.4 Å². The average molecular weight is 254 g/mol. The summed E-state index contributed by atoms with van der Waals surface area (Å²) in [6, 6.07) is 7.95. The molecule has 1 aromatic heterocycles. The molecule has 0 aliphatic heterocycles. The molecular weight excluding hydrogens is 242 g/mol. The summed E-state index contributed by atoms with van der Waals surface area (Å²) in [5, 5.41) is 0.945. The monoisotopic (exact) mass is 253 g/mol. The van der Waals surface area contributed by atoms with Gasteiger partial charge in [0.25, 0.3) is 0 Å². The number of ether oxygens (including phenoxy) is 1. The smallest absolute Gasteiger partial charge is 0.127 e. The number of thiazole rings is 1. The fourth-order valence-corrected chi connectivity index (χ4v) is 2.76. The Morgan fingerprint density at radius 3 is 2.75 bits per heavy atom. The number of benzene rings is 1. The highest BCUT2D eigenvalue weighted by Crippen LogP contribution is 2.36. The number of halogens is 1. The second-order valence-electron chi connectivity index (χ2n) is 3.36. The highest BCUT2D eigenvalue weighted by atomic mass is 35.5. The van der Waals surface area contributed by atoms with Crippen molar-refractivity contribution in [2.45, 2.75) is 12.8 Å². The van der Waals surface area contributed by atoms with Crippen molar-refractivity contribution in [2.75, 3.05) is 7.11 Å². The zero-order valence-corrected chi connectivity index (χ0v) is 10.7. The van der Waals surface area contributed by atoms with E-state index < -0.39 is 0 Å². The Morgan fingerprint density at radius 1 is 1.38 bits per heavy atom. The molecule has 84 valence electrons. The van der Waals surface area contributed by atoms with Crippen molar-refractivity contribution in [1.82, 2.24) is 4.98 Å². The maximum absolute atomic E-state index is 5.79. The molecule has 0 radical (unpaired) electrons. The van der Waals surface area contributed by atoms with Gasteiger partial charge in [-0.05, 0) is 19.1 Å². The van der Waals surface area contributed by atoms with Gasteiger partial charge in [0.2, 0.25) is 0 Å². The predicted octanol–water partition coefficient (Wildman–Crippen LogP) is 3.87. The first-order chi connectivity index (χ1) is 7.76. The van der Waals surface area contributed by atoms with Crippen LogP contribution < -0.4 is 4.74 Å². The molecule has 4 heteroatoms. The molecule has 0 unspecified atom stereocenters. The molecule has 1 heterocycles. The zero-order chi connectivity index (χ0) is 11.5. The molecule has 0 aliphatic rings. The van der Waals surface area contributed by atoms with Gasteiger partial charge < -0.3 is 4.74 Å². The lowest BCUT2D eigenvalue weighted by Crippen LogP contribution is -1.86. The summed E-state index contributed by atoms with van der Waals surface area (Å²) < 4.78 is 5.34. The third-order valence-electron chi connectivity index (χ3n) is 2.31. The molecule has 0 saturated carbocycles. The van der Waals surface area contributed by atoms with Gasteiger partial charge in [-0.25, -0.2) is 4.98 Å². The quantitative estimate of drug-likeness (QED) is 0.775. The second kappa shape index (κ2) is 4.85. The summed E-state index contributed by atoms with van der Waals surface area (Å²) in [6.07, 6.45) is 0. The largest absolute Gasteiger partial charge is 0.496 e. The van der Waals surface area contributed by atoms with Crippen LogP contribution >= 0.6 is 22.9 Å². The molecule has 0 saturated heterocycles. The maximum atomic E-state index is 5.79. The van der Waals surface area contributed by atoms with E-state index in [4.69, 9.17) is 16.3 Å². The molecule has 0 bridgehead atoms. The minimum Gasteiger partial charge on any atom is -0.496 e. The summed E-state index contributed by atoms with van der Waals surface area (Å²) in [5.74, 6) is 1.33. The van der Waals surface area contributed by atoms with Gasteiger partial charge >= 0.3 is 0 Å². The summed E-state index contributed by atoms with van der Waals surface area (Å²) in [5.41, 5.74) is 2.08. The Bertz CT molecular complexity index is 496. The van der Waals surface area contributed by atoms with E-state index in [-0.39, 0.29) is 0 Å². The van der Waals surface area contributed by atoms with E-state index in [0.29, 0.717) is 5.88 Å². The normalized spacial score (nSPS) is 10.4. The molecule has 2 rings (SSSR count). The number of para-hydroxylation sites is 1. The standard InChI is InChI=1S/C12H12ClNOS/c1-8-12(16-11(7-13)14-8)9-5-3-4-6-10(9)15-2/h3-6H,7H2,1-2H3. The highest BCUT2D eigenvalue weighted by molar-refractivity contribution is 7.15. The fraction of sp³-hybridized carbons (Fsp3) is 0.250. The number of aryl methyl sites for hydroxylation is 1. The van der Waals surface area contributed by atoms with Gasteiger partial charge in [0.05, 0.1) is 23.6 Å². The minimum atomic E-state index is 0.459. The number of hydrogen-bond acceptors (Lipinski definition) is 3. The topological polar surface area (TPSA) is 22.1 Å². The van der Waals surface area contributed by atoms with Crippen molar-refractivity contribution in [2.24, 2.45) is 0 Å². The third kappa shape index (κ3) is 2.06. The molecule has 16 heavy (non-hydrogen) atoms. The first kappa shape index (κ1) is 11.4. The molecule has 0 spiro atoms. The molecule has 2 nitrogen and oxygen atoms in total. The molecule has 2 aromatic rings. The minimum absolute atomic E-state index is 0.459. The zero-order valence-electron chi connectivity index (χ0n) is 9.16. The predicted molar refractivity (Wildman–Crippen MR) is 68.4 cm³/mol. The Kier molecular flexibility index (Phi) is 3.46. The molecule has 0 fully saturated rings. The van der Waals surface area contributed by atoms with Crippen LogP contribution in [0.4, 0.5) is 0 Å². The van der Waals surface area contributed by atoms with Crippen molar-refractivity contribution in [3.8, 4) is 16.2 Å². The molecule has 0 aliphatic carbocycles. The van der Waals surface area contributed by atoms with Gasteiger partial charge in [0.15, 0.2) is 0 Å². The Balaban J connectivity index is 2.53. The van der Waals surface area contributed by atoms with Crippen LogP contribution in [-0.4, -0.2) is 12.1 Å². The Hall–Kier alpha value is -1.06. The number of aromatic nitrogens is 1. The van der Waals surface area contributed by atoms with E-state index in [0.717, 1.165) is 26.9 Å². The maximum Gasteiger partial charge on any atom is 0.127 e. The molecule has 0 amide bonds. The summed E-state index contributed by atoms with van der Waals surface area (Å²) >= 11 is 7.41. The van der Waals surface area contributed by atoms with Gasteiger partial charge in [-0.2, -0.15) is 0 Å². The number of hydrogen-bond donors (Lipinski definition) is 0. The lowest BCUT2D eigenvalue weighted by Gasteiger charge is -2.06. The van der Waals surface area contributed by atoms with Crippen molar-refractivity contribution < 1.29 is 4.74 Å².